The van der Waals surface area contributed by atoms with Crippen LogP contribution in [0.15, 0.2) is 52.9 Å². The molecule has 0 radical (unpaired) electrons. The van der Waals surface area contributed by atoms with Gasteiger partial charge in [-0.25, -0.2) is 17.8 Å². The summed E-state index contributed by atoms with van der Waals surface area (Å²) in [4.78, 5) is 20.4. The van der Waals surface area contributed by atoms with E-state index in [1.807, 2.05) is 24.3 Å². The number of nitrogens with one attached hydrogen (secondary N) is 1. The lowest BCUT2D eigenvalue weighted by molar-refractivity contribution is -0.127. The third-order valence-corrected chi connectivity index (χ3v) is 9.97. The Bertz CT molecular complexity index is 1540. The van der Waals surface area contributed by atoms with E-state index in [4.69, 9.17) is 9.40 Å². The van der Waals surface area contributed by atoms with Crippen LogP contribution in [0.2, 0.25) is 0 Å². The number of benzene rings is 2. The maximum Gasteiger partial charge on any atom is 0.227 e. The molecule has 40 heavy (non-hydrogen) atoms. The maximum atomic E-state index is 13.6. The van der Waals surface area contributed by atoms with Crippen molar-refractivity contribution in [2.24, 2.45) is 5.92 Å². The monoisotopic (exact) mass is 562 g/mol. The van der Waals surface area contributed by atoms with Gasteiger partial charge in [0.15, 0.2) is 15.6 Å². The number of anilines is 1. The molecule has 8 nitrogen and oxygen atoms in total. The van der Waals surface area contributed by atoms with Crippen molar-refractivity contribution in [2.45, 2.75) is 50.0 Å². The van der Waals surface area contributed by atoms with E-state index in [0.29, 0.717) is 55.3 Å². The summed E-state index contributed by atoms with van der Waals surface area (Å²) >= 11 is 0. The van der Waals surface area contributed by atoms with Gasteiger partial charge in [0.1, 0.15) is 11.4 Å². The Balaban J connectivity index is 1.35. The molecular formula is C30H31FN4O4S. The van der Waals surface area contributed by atoms with Crippen LogP contribution < -0.4 is 10.2 Å². The van der Waals surface area contributed by atoms with Crippen LogP contribution in [0.1, 0.15) is 50.1 Å². The van der Waals surface area contributed by atoms with Crippen LogP contribution in [-0.2, 0) is 14.6 Å². The van der Waals surface area contributed by atoms with E-state index in [-0.39, 0.29) is 35.1 Å². The number of hydrogen-bond donors (Lipinski definition) is 1. The second-order valence-corrected chi connectivity index (χ2v) is 13.4. The highest BCUT2D eigenvalue weighted by atomic mass is 32.2. The van der Waals surface area contributed by atoms with Crippen molar-refractivity contribution in [2.75, 3.05) is 29.5 Å². The fourth-order valence-electron chi connectivity index (χ4n) is 5.79. The van der Waals surface area contributed by atoms with E-state index in [2.05, 4.69) is 16.3 Å². The highest BCUT2D eigenvalue weighted by molar-refractivity contribution is 7.91. The van der Waals surface area contributed by atoms with Gasteiger partial charge in [-0.3, -0.25) is 4.79 Å². The van der Waals surface area contributed by atoms with Gasteiger partial charge in [-0.05, 0) is 74.2 Å². The molecule has 1 N–H and O–H groups in total. The SMILES string of the molecule is N#CC1(NC(=O)C2CCCCC2c2nc(-c3ccc(F)cc3)oc2-c2ccc(N3CCS(=O)(=O)CC3)cc2)CC1. The molecule has 2 aliphatic carbocycles. The first-order valence-electron chi connectivity index (χ1n) is 13.8. The summed E-state index contributed by atoms with van der Waals surface area (Å²) in [7, 11) is -2.98. The second kappa shape index (κ2) is 10.4. The Morgan fingerprint density at radius 2 is 1.68 bits per heavy atom. The van der Waals surface area contributed by atoms with Gasteiger partial charge in [0.2, 0.25) is 11.8 Å². The number of oxazole rings is 1. The van der Waals surface area contributed by atoms with Gasteiger partial charge >= 0.3 is 0 Å². The van der Waals surface area contributed by atoms with Crippen molar-refractivity contribution in [3.8, 4) is 28.8 Å². The molecular weight excluding hydrogens is 531 g/mol. The molecule has 2 saturated carbocycles. The van der Waals surface area contributed by atoms with Crippen LogP contribution in [0.4, 0.5) is 10.1 Å². The van der Waals surface area contributed by atoms with E-state index in [9.17, 15) is 22.9 Å². The van der Waals surface area contributed by atoms with Gasteiger partial charge in [-0.1, -0.05) is 12.8 Å². The summed E-state index contributed by atoms with van der Waals surface area (Å²) in [6, 6.07) is 16.0. The quantitative estimate of drug-likeness (QED) is 0.458. The van der Waals surface area contributed by atoms with Crippen molar-refractivity contribution in [3.63, 3.8) is 0 Å². The average molecular weight is 563 g/mol. The van der Waals surface area contributed by atoms with Crippen molar-refractivity contribution < 1.29 is 22.0 Å². The van der Waals surface area contributed by atoms with Crippen LogP contribution >= 0.6 is 0 Å². The normalized spacial score (nSPS) is 23.2. The minimum atomic E-state index is -2.98. The molecule has 208 valence electrons. The third-order valence-electron chi connectivity index (χ3n) is 8.36. The zero-order valence-electron chi connectivity index (χ0n) is 22.1. The molecule has 2 heterocycles. The van der Waals surface area contributed by atoms with E-state index in [1.54, 1.807) is 12.1 Å². The Morgan fingerprint density at radius 3 is 2.33 bits per heavy atom. The van der Waals surface area contributed by atoms with Crippen molar-refractivity contribution in [1.82, 2.24) is 10.3 Å². The third kappa shape index (κ3) is 5.35. The number of sulfone groups is 1. The second-order valence-electron chi connectivity index (χ2n) is 11.1. The molecule has 6 rings (SSSR count). The lowest BCUT2D eigenvalue weighted by Crippen LogP contribution is -2.42. The number of carbonyl (C=O) groups excluding carboxylic acids is 1. The lowest BCUT2D eigenvalue weighted by atomic mass is 9.76. The number of amides is 1. The fraction of sp³-hybridized carbons (Fsp3) is 0.433. The summed E-state index contributed by atoms with van der Waals surface area (Å²) in [6.45, 7) is 0.903. The topological polar surface area (TPSA) is 116 Å². The Kier molecular flexibility index (Phi) is 6.87. The Hall–Kier alpha value is -3.71. The summed E-state index contributed by atoms with van der Waals surface area (Å²) in [5.74, 6) is 0.209. The smallest absolute Gasteiger partial charge is 0.227 e. The van der Waals surface area contributed by atoms with E-state index in [0.717, 1.165) is 30.5 Å². The lowest BCUT2D eigenvalue weighted by Gasteiger charge is -2.30. The van der Waals surface area contributed by atoms with Crippen molar-refractivity contribution in [1.29, 1.82) is 5.26 Å². The van der Waals surface area contributed by atoms with Crippen LogP contribution in [0, 0.1) is 23.1 Å². The highest BCUT2D eigenvalue weighted by Gasteiger charge is 2.47. The molecule has 1 aromatic heterocycles. The maximum absolute atomic E-state index is 13.6. The molecule has 2 aromatic carbocycles. The van der Waals surface area contributed by atoms with E-state index >= 15 is 0 Å². The zero-order chi connectivity index (χ0) is 27.9. The Labute approximate surface area is 233 Å². The van der Waals surface area contributed by atoms with Gasteiger partial charge in [-0.2, -0.15) is 5.26 Å². The largest absolute Gasteiger partial charge is 0.436 e. The van der Waals surface area contributed by atoms with Crippen LogP contribution in [0.5, 0.6) is 0 Å². The van der Waals surface area contributed by atoms with E-state index in [1.165, 1.54) is 12.1 Å². The minimum Gasteiger partial charge on any atom is -0.436 e. The first kappa shape index (κ1) is 26.5. The molecule has 0 spiro atoms. The molecule has 2 atom stereocenters. The van der Waals surface area contributed by atoms with Crippen LogP contribution in [-0.4, -0.2) is 49.4 Å². The number of carbonyl (C=O) groups is 1. The molecule has 3 aliphatic rings. The van der Waals surface area contributed by atoms with Gasteiger partial charge in [0.25, 0.3) is 0 Å². The molecule has 3 fully saturated rings. The van der Waals surface area contributed by atoms with Crippen LogP contribution in [0.3, 0.4) is 0 Å². The standard InChI is InChI=1S/C30H31FN4O4S/c31-22-9-5-21(6-10-22)29-33-26(24-3-1-2-4-25(24)28(36)34-30(19-32)13-14-30)27(39-29)20-7-11-23(12-8-20)35-15-17-40(37,38)18-16-35/h5-12,24-25H,1-4,13-18H2,(H,34,36). The number of aromatic nitrogens is 1. The van der Waals surface area contributed by atoms with Gasteiger partial charge in [0, 0.05) is 41.7 Å². The number of rotatable bonds is 6. The molecule has 3 aromatic rings. The fourth-order valence-corrected chi connectivity index (χ4v) is 6.99. The number of nitrogens with zero attached hydrogens (tertiary/aromatic N) is 3. The van der Waals surface area contributed by atoms with E-state index < -0.39 is 15.4 Å². The predicted octanol–water partition coefficient (Wildman–Crippen LogP) is 4.83. The first-order valence-corrected chi connectivity index (χ1v) is 15.6. The minimum absolute atomic E-state index is 0.114. The van der Waals surface area contributed by atoms with Crippen LogP contribution in [0.25, 0.3) is 22.8 Å². The van der Waals surface area contributed by atoms with Gasteiger partial charge in [0.05, 0.1) is 23.3 Å². The molecule has 10 heteroatoms. The van der Waals surface area contributed by atoms with Crippen molar-refractivity contribution in [3.05, 3.63) is 60.0 Å². The molecule has 1 saturated heterocycles. The van der Waals surface area contributed by atoms with Gasteiger partial charge in [-0.15, -0.1) is 0 Å². The first-order chi connectivity index (χ1) is 19.3. The zero-order valence-corrected chi connectivity index (χ0v) is 22.9. The number of nitriles is 1. The molecule has 1 aliphatic heterocycles. The average Bonchev–Trinajstić information content (AvgIpc) is 3.60. The summed E-state index contributed by atoms with van der Waals surface area (Å²) < 4.78 is 43.7. The molecule has 0 bridgehead atoms. The molecule has 1 amide bonds. The summed E-state index contributed by atoms with van der Waals surface area (Å²) in [6.07, 6.45) is 4.68. The number of hydrogen-bond acceptors (Lipinski definition) is 7. The van der Waals surface area contributed by atoms with Crippen molar-refractivity contribution >= 4 is 21.4 Å². The summed E-state index contributed by atoms with van der Waals surface area (Å²) in [5.41, 5.74) is 2.31. The Morgan fingerprint density at radius 1 is 1.02 bits per heavy atom. The molecule has 2 unspecified atom stereocenters. The summed E-state index contributed by atoms with van der Waals surface area (Å²) in [5, 5.41) is 12.5. The number of halogens is 1. The predicted molar refractivity (Wildman–Crippen MR) is 149 cm³/mol. The van der Waals surface area contributed by atoms with Gasteiger partial charge < -0.3 is 14.6 Å². The highest BCUT2D eigenvalue weighted by Crippen LogP contribution is 2.44.